The van der Waals surface area contributed by atoms with Crippen molar-refractivity contribution in [2.24, 2.45) is 0 Å². The molecule has 2 aromatic carbocycles. The van der Waals surface area contributed by atoms with Gasteiger partial charge in [0.2, 0.25) is 0 Å². The molecule has 6 heteroatoms. The first kappa shape index (κ1) is 17.4. The van der Waals surface area contributed by atoms with Gasteiger partial charge in [-0.15, -0.1) is 10.2 Å². The van der Waals surface area contributed by atoms with E-state index in [0.717, 1.165) is 33.9 Å². The lowest BCUT2D eigenvalue weighted by Gasteiger charge is -2.10. The van der Waals surface area contributed by atoms with E-state index < -0.39 is 0 Å². The lowest BCUT2D eigenvalue weighted by Crippen LogP contribution is -2.03. The molecule has 130 valence electrons. The van der Waals surface area contributed by atoms with Crippen molar-refractivity contribution in [2.45, 2.75) is 19.0 Å². The van der Waals surface area contributed by atoms with Gasteiger partial charge >= 0.3 is 0 Å². The lowest BCUT2D eigenvalue weighted by molar-refractivity contribution is 0.343. The molecule has 3 aromatic rings. The maximum absolute atomic E-state index is 5.80. The average molecular weight is 355 g/mol. The number of aromatic nitrogens is 3. The second kappa shape index (κ2) is 8.07. The van der Waals surface area contributed by atoms with Gasteiger partial charge in [0, 0.05) is 11.4 Å². The van der Waals surface area contributed by atoms with Crippen LogP contribution in [0.1, 0.15) is 11.4 Å². The van der Waals surface area contributed by atoms with Crippen LogP contribution in [0.4, 0.5) is 0 Å². The van der Waals surface area contributed by atoms with Crippen molar-refractivity contribution in [1.82, 2.24) is 14.8 Å². The summed E-state index contributed by atoms with van der Waals surface area (Å²) in [6.45, 7) is 4.62. The normalized spacial score (nSPS) is 10.7. The van der Waals surface area contributed by atoms with Gasteiger partial charge in [-0.25, -0.2) is 0 Å². The Balaban J connectivity index is 1.63. The van der Waals surface area contributed by atoms with Crippen LogP contribution < -0.4 is 9.47 Å². The predicted octanol–water partition coefficient (Wildman–Crippen LogP) is 4.06. The van der Waals surface area contributed by atoms with E-state index in [1.807, 2.05) is 54.0 Å². The molecule has 0 amide bonds. The van der Waals surface area contributed by atoms with Crippen molar-refractivity contribution < 1.29 is 9.47 Å². The topological polar surface area (TPSA) is 49.2 Å². The van der Waals surface area contributed by atoms with Crippen molar-refractivity contribution in [3.63, 3.8) is 0 Å². The summed E-state index contributed by atoms with van der Waals surface area (Å²) >= 11 is 1.63. The van der Waals surface area contributed by atoms with Gasteiger partial charge in [0.15, 0.2) is 5.16 Å². The van der Waals surface area contributed by atoms with E-state index in [1.165, 1.54) is 5.56 Å². The summed E-state index contributed by atoms with van der Waals surface area (Å²) in [7, 11) is 1.66. The summed E-state index contributed by atoms with van der Waals surface area (Å²) in [5.74, 6) is 3.37. The van der Waals surface area contributed by atoms with E-state index in [9.17, 15) is 0 Å². The highest BCUT2D eigenvalue weighted by Crippen LogP contribution is 2.23. The Hall–Kier alpha value is -2.47. The number of methoxy groups -OCH3 is 1. The monoisotopic (exact) mass is 355 g/mol. The largest absolute Gasteiger partial charge is 0.497 e. The van der Waals surface area contributed by atoms with Crippen molar-refractivity contribution in [2.75, 3.05) is 19.5 Å². The molecule has 0 radical (unpaired) electrons. The van der Waals surface area contributed by atoms with E-state index in [2.05, 4.69) is 23.2 Å². The highest BCUT2D eigenvalue weighted by Gasteiger charge is 2.11. The Morgan fingerprint density at radius 3 is 2.52 bits per heavy atom. The molecule has 0 saturated heterocycles. The molecule has 0 unspecified atom stereocenters. The van der Waals surface area contributed by atoms with E-state index in [0.29, 0.717) is 6.61 Å². The molecule has 0 aliphatic carbocycles. The van der Waals surface area contributed by atoms with Gasteiger partial charge in [-0.3, -0.25) is 4.57 Å². The second-order valence-corrected chi connectivity index (χ2v) is 6.64. The van der Waals surface area contributed by atoms with Gasteiger partial charge in [-0.2, -0.15) is 0 Å². The van der Waals surface area contributed by atoms with Crippen LogP contribution >= 0.6 is 11.8 Å². The Morgan fingerprint density at radius 1 is 1.00 bits per heavy atom. The third-order valence-corrected chi connectivity index (χ3v) is 4.59. The molecule has 1 aromatic heterocycles. The number of rotatable bonds is 7. The van der Waals surface area contributed by atoms with Gasteiger partial charge in [0.05, 0.1) is 13.7 Å². The number of thioether (sulfide) groups is 1. The highest BCUT2D eigenvalue weighted by atomic mass is 32.2. The second-order valence-electron chi connectivity index (χ2n) is 5.58. The molecule has 0 fully saturated rings. The Labute approximate surface area is 152 Å². The van der Waals surface area contributed by atoms with Gasteiger partial charge in [0.1, 0.15) is 17.3 Å². The van der Waals surface area contributed by atoms with Crippen molar-refractivity contribution in [1.29, 1.82) is 0 Å². The Morgan fingerprint density at radius 2 is 1.80 bits per heavy atom. The minimum absolute atomic E-state index is 0.614. The number of ether oxygens (including phenoxy) is 2. The Kier molecular flexibility index (Phi) is 5.60. The number of aryl methyl sites for hydroxylation is 2. The molecule has 0 aliphatic rings. The van der Waals surface area contributed by atoms with Crippen LogP contribution in [-0.4, -0.2) is 34.2 Å². The molecule has 0 aliphatic heterocycles. The summed E-state index contributed by atoms with van der Waals surface area (Å²) in [6.07, 6.45) is 0. The van der Waals surface area contributed by atoms with Gasteiger partial charge in [0.25, 0.3) is 0 Å². The zero-order valence-electron chi connectivity index (χ0n) is 14.6. The maximum Gasteiger partial charge on any atom is 0.195 e. The number of nitrogens with zero attached hydrogens (tertiary/aromatic N) is 3. The third kappa shape index (κ3) is 4.33. The van der Waals surface area contributed by atoms with Crippen molar-refractivity contribution in [3.05, 3.63) is 59.9 Å². The summed E-state index contributed by atoms with van der Waals surface area (Å²) in [5, 5.41) is 9.34. The lowest BCUT2D eigenvalue weighted by atomic mass is 10.2. The first-order valence-electron chi connectivity index (χ1n) is 8.06. The molecule has 0 saturated carbocycles. The van der Waals surface area contributed by atoms with E-state index >= 15 is 0 Å². The first-order chi connectivity index (χ1) is 12.2. The minimum atomic E-state index is 0.614. The quantitative estimate of drug-likeness (QED) is 0.472. The molecule has 0 atom stereocenters. The summed E-state index contributed by atoms with van der Waals surface area (Å²) in [6, 6.07) is 15.9. The van der Waals surface area contributed by atoms with Crippen LogP contribution in [-0.2, 0) is 0 Å². The number of hydrogen-bond donors (Lipinski definition) is 0. The van der Waals surface area contributed by atoms with Gasteiger partial charge < -0.3 is 9.47 Å². The van der Waals surface area contributed by atoms with E-state index in [4.69, 9.17) is 9.47 Å². The third-order valence-electron chi connectivity index (χ3n) is 3.70. The first-order valence-corrected chi connectivity index (χ1v) is 9.04. The zero-order chi connectivity index (χ0) is 17.6. The van der Waals surface area contributed by atoms with Crippen LogP contribution in [0.3, 0.4) is 0 Å². The molecule has 0 N–H and O–H groups in total. The number of benzene rings is 2. The summed E-state index contributed by atoms with van der Waals surface area (Å²) in [4.78, 5) is 0. The highest BCUT2D eigenvalue weighted by molar-refractivity contribution is 7.99. The standard InChI is InChI=1S/C19H21N3O2S/c1-14-5-4-6-18(13-14)24-11-12-25-19-21-20-15(2)22(19)16-7-9-17(23-3)10-8-16/h4-10,13H,11-12H2,1-3H3. The molecule has 0 bridgehead atoms. The molecular formula is C19H21N3O2S. The fraction of sp³-hybridized carbons (Fsp3) is 0.263. The molecule has 3 rings (SSSR count). The van der Waals surface area contributed by atoms with E-state index in [-0.39, 0.29) is 0 Å². The van der Waals surface area contributed by atoms with Crippen LogP contribution in [0.2, 0.25) is 0 Å². The Bertz CT molecular complexity index is 831. The van der Waals surface area contributed by atoms with Crippen molar-refractivity contribution in [3.8, 4) is 17.2 Å². The molecule has 0 spiro atoms. The predicted molar refractivity (Wildman–Crippen MR) is 100 cm³/mol. The van der Waals surface area contributed by atoms with E-state index in [1.54, 1.807) is 18.9 Å². The average Bonchev–Trinajstić information content (AvgIpc) is 2.99. The fourth-order valence-corrected chi connectivity index (χ4v) is 3.28. The minimum Gasteiger partial charge on any atom is -0.497 e. The van der Waals surface area contributed by atoms with Crippen LogP contribution in [0.5, 0.6) is 11.5 Å². The maximum atomic E-state index is 5.80. The fourth-order valence-electron chi connectivity index (χ4n) is 2.46. The number of hydrogen-bond acceptors (Lipinski definition) is 5. The smallest absolute Gasteiger partial charge is 0.195 e. The SMILES string of the molecule is COc1ccc(-n2c(C)nnc2SCCOc2cccc(C)c2)cc1. The van der Waals surface area contributed by atoms with Crippen molar-refractivity contribution >= 4 is 11.8 Å². The van der Waals surface area contributed by atoms with Gasteiger partial charge in [-0.05, 0) is 55.8 Å². The van der Waals surface area contributed by atoms with Crippen LogP contribution in [0, 0.1) is 13.8 Å². The van der Waals surface area contributed by atoms with Gasteiger partial charge in [-0.1, -0.05) is 23.9 Å². The van der Waals surface area contributed by atoms with Crippen LogP contribution in [0.15, 0.2) is 53.7 Å². The molecule has 1 heterocycles. The van der Waals surface area contributed by atoms with Crippen LogP contribution in [0.25, 0.3) is 5.69 Å². The molecular weight excluding hydrogens is 334 g/mol. The summed E-state index contributed by atoms with van der Waals surface area (Å²) < 4.78 is 13.0. The zero-order valence-corrected chi connectivity index (χ0v) is 15.4. The molecule has 5 nitrogen and oxygen atoms in total. The summed E-state index contributed by atoms with van der Waals surface area (Å²) in [5.41, 5.74) is 2.21. The molecule has 25 heavy (non-hydrogen) atoms.